The van der Waals surface area contributed by atoms with Gasteiger partial charge in [-0.1, -0.05) is 35.9 Å². The Balaban J connectivity index is 2.03. The first kappa shape index (κ1) is 11.7. The summed E-state index contributed by atoms with van der Waals surface area (Å²) in [6.45, 7) is 2.14. The number of rotatable bonds is 0. The van der Waals surface area contributed by atoms with Gasteiger partial charge in [0.25, 0.3) is 0 Å². The Labute approximate surface area is 119 Å². The van der Waals surface area contributed by atoms with Crippen LogP contribution in [0.5, 0.6) is 0 Å². The quantitative estimate of drug-likeness (QED) is 0.570. The van der Waals surface area contributed by atoms with Crippen LogP contribution in [0, 0.1) is 6.92 Å². The minimum atomic E-state index is 1.10. The molecule has 1 aliphatic carbocycles. The van der Waals surface area contributed by atoms with Crippen molar-refractivity contribution in [1.29, 1.82) is 0 Å². The highest BCUT2D eigenvalue weighted by molar-refractivity contribution is 5.84. The first-order chi connectivity index (χ1) is 9.81. The van der Waals surface area contributed by atoms with E-state index in [9.17, 15) is 0 Å². The third kappa shape index (κ3) is 1.82. The van der Waals surface area contributed by atoms with Crippen molar-refractivity contribution in [2.75, 3.05) is 0 Å². The van der Waals surface area contributed by atoms with E-state index in [2.05, 4.69) is 55.5 Å². The van der Waals surface area contributed by atoms with Gasteiger partial charge < -0.3 is 0 Å². The van der Waals surface area contributed by atoms with Crippen LogP contribution in [0.15, 0.2) is 48.5 Å². The van der Waals surface area contributed by atoms with Crippen molar-refractivity contribution in [3.63, 3.8) is 0 Å². The third-order valence-corrected chi connectivity index (χ3v) is 4.21. The van der Waals surface area contributed by atoms with Gasteiger partial charge in [0, 0.05) is 10.9 Å². The van der Waals surface area contributed by atoms with Crippen molar-refractivity contribution >= 4 is 10.9 Å². The maximum absolute atomic E-state index is 4.96. The largest absolute Gasteiger partial charge is 0.247 e. The highest BCUT2D eigenvalue weighted by atomic mass is 14.7. The predicted octanol–water partition coefficient (Wildman–Crippen LogP) is 4.70. The molecule has 4 rings (SSSR count). The van der Waals surface area contributed by atoms with E-state index in [1.807, 2.05) is 0 Å². The van der Waals surface area contributed by atoms with E-state index in [0.29, 0.717) is 0 Å². The molecule has 0 fully saturated rings. The fourth-order valence-corrected chi connectivity index (χ4v) is 3.20. The Kier molecular flexibility index (Phi) is 2.59. The number of nitrogens with zero attached hydrogens (tertiary/aromatic N) is 1. The molecular formula is C19H17N. The zero-order valence-electron chi connectivity index (χ0n) is 11.7. The molecule has 98 valence electrons. The van der Waals surface area contributed by atoms with Crippen molar-refractivity contribution in [2.45, 2.75) is 26.2 Å². The molecule has 0 aliphatic heterocycles. The predicted molar refractivity (Wildman–Crippen MR) is 83.9 cm³/mol. The smallest absolute Gasteiger partial charge is 0.0744 e. The lowest BCUT2D eigenvalue weighted by atomic mass is 10.00. The second kappa shape index (κ2) is 4.45. The number of hydrogen-bond donors (Lipinski definition) is 0. The third-order valence-electron chi connectivity index (χ3n) is 4.21. The van der Waals surface area contributed by atoms with E-state index < -0.39 is 0 Å². The molecule has 3 aromatic rings. The van der Waals surface area contributed by atoms with Crippen molar-refractivity contribution in [3.8, 4) is 11.3 Å². The Morgan fingerprint density at radius 3 is 2.70 bits per heavy atom. The Morgan fingerprint density at radius 2 is 1.75 bits per heavy atom. The molecule has 0 saturated heterocycles. The minimum Gasteiger partial charge on any atom is -0.247 e. The molecule has 0 unspecified atom stereocenters. The van der Waals surface area contributed by atoms with Gasteiger partial charge in [0.05, 0.1) is 11.2 Å². The normalized spacial score (nSPS) is 13.7. The first-order valence-corrected chi connectivity index (χ1v) is 7.30. The average Bonchev–Trinajstić information content (AvgIpc) is 2.64. The Hall–Kier alpha value is -2.15. The van der Waals surface area contributed by atoms with Gasteiger partial charge in [-0.05, 0) is 55.5 Å². The van der Waals surface area contributed by atoms with Crippen LogP contribution in [0.1, 0.15) is 23.1 Å². The van der Waals surface area contributed by atoms with Crippen LogP contribution >= 0.6 is 0 Å². The number of hydrogen-bond acceptors (Lipinski definition) is 1. The van der Waals surface area contributed by atoms with E-state index in [4.69, 9.17) is 4.98 Å². The molecule has 0 saturated carbocycles. The van der Waals surface area contributed by atoms with E-state index in [1.54, 1.807) is 0 Å². The highest BCUT2D eigenvalue weighted by Crippen LogP contribution is 2.33. The summed E-state index contributed by atoms with van der Waals surface area (Å²) in [5.41, 5.74) is 7.74. The first-order valence-electron chi connectivity index (χ1n) is 7.30. The number of pyridine rings is 1. The Bertz CT molecular complexity index is 802. The summed E-state index contributed by atoms with van der Waals surface area (Å²) >= 11 is 0. The lowest BCUT2D eigenvalue weighted by molar-refractivity contribution is 0.834. The van der Waals surface area contributed by atoms with Crippen LogP contribution in [0.25, 0.3) is 22.2 Å². The van der Waals surface area contributed by atoms with Crippen molar-refractivity contribution in [1.82, 2.24) is 4.98 Å². The van der Waals surface area contributed by atoms with Gasteiger partial charge in [-0.2, -0.15) is 0 Å². The lowest BCUT2D eigenvalue weighted by Crippen LogP contribution is -1.93. The molecule has 1 aliphatic rings. The summed E-state index contributed by atoms with van der Waals surface area (Å²) in [6.07, 6.45) is 3.49. The Morgan fingerprint density at radius 1 is 0.900 bits per heavy atom. The standard InChI is InChI=1S/C19H17N/c1-13-9-10-18-16(11-13)12-15-7-4-6-14-5-2-3-8-17(14)19(15)20-18/h2-3,5,8-12H,4,6-7H2,1H3. The van der Waals surface area contributed by atoms with Crippen LogP contribution in [0.3, 0.4) is 0 Å². The van der Waals surface area contributed by atoms with E-state index in [0.717, 1.165) is 18.4 Å². The molecular weight excluding hydrogens is 242 g/mol. The number of aromatic nitrogens is 1. The summed E-state index contributed by atoms with van der Waals surface area (Å²) in [4.78, 5) is 4.96. The number of benzene rings is 2. The van der Waals surface area contributed by atoms with Crippen LogP contribution in [0.2, 0.25) is 0 Å². The molecule has 20 heavy (non-hydrogen) atoms. The summed E-state index contributed by atoms with van der Waals surface area (Å²) in [5, 5.41) is 1.27. The molecule has 1 nitrogen and oxygen atoms in total. The number of aryl methyl sites for hydroxylation is 3. The van der Waals surface area contributed by atoms with Gasteiger partial charge >= 0.3 is 0 Å². The van der Waals surface area contributed by atoms with Crippen LogP contribution in [-0.4, -0.2) is 4.98 Å². The van der Waals surface area contributed by atoms with Crippen LogP contribution < -0.4 is 0 Å². The van der Waals surface area contributed by atoms with Crippen molar-refractivity contribution in [2.24, 2.45) is 0 Å². The van der Waals surface area contributed by atoms with Crippen molar-refractivity contribution < 1.29 is 0 Å². The molecule has 0 bridgehead atoms. The molecule has 0 amide bonds. The van der Waals surface area contributed by atoms with Crippen LogP contribution in [0.4, 0.5) is 0 Å². The van der Waals surface area contributed by atoms with E-state index in [1.165, 1.54) is 39.8 Å². The van der Waals surface area contributed by atoms with Gasteiger partial charge in [0.1, 0.15) is 0 Å². The SMILES string of the molecule is Cc1ccc2nc3c(cc2c1)CCCc1ccccc1-3. The van der Waals surface area contributed by atoms with Gasteiger partial charge in [-0.25, -0.2) is 4.98 Å². The second-order valence-electron chi connectivity index (χ2n) is 5.70. The summed E-state index contributed by atoms with van der Waals surface area (Å²) in [7, 11) is 0. The zero-order valence-corrected chi connectivity index (χ0v) is 11.7. The topological polar surface area (TPSA) is 12.9 Å². The van der Waals surface area contributed by atoms with Gasteiger partial charge in [-0.15, -0.1) is 0 Å². The maximum atomic E-state index is 4.96. The average molecular weight is 259 g/mol. The fourth-order valence-electron chi connectivity index (χ4n) is 3.20. The molecule has 0 atom stereocenters. The van der Waals surface area contributed by atoms with E-state index in [-0.39, 0.29) is 0 Å². The van der Waals surface area contributed by atoms with Gasteiger partial charge in [0.15, 0.2) is 0 Å². The van der Waals surface area contributed by atoms with E-state index >= 15 is 0 Å². The van der Waals surface area contributed by atoms with Gasteiger partial charge in [0.2, 0.25) is 0 Å². The molecule has 1 heteroatoms. The number of fused-ring (bicyclic) bond motifs is 4. The van der Waals surface area contributed by atoms with Crippen molar-refractivity contribution in [3.05, 3.63) is 65.2 Å². The fraction of sp³-hybridized carbons (Fsp3) is 0.211. The van der Waals surface area contributed by atoms with Gasteiger partial charge in [-0.3, -0.25) is 0 Å². The molecule has 2 aromatic carbocycles. The zero-order chi connectivity index (χ0) is 13.5. The minimum absolute atomic E-state index is 1.10. The summed E-state index contributed by atoms with van der Waals surface area (Å²) in [5.74, 6) is 0. The summed E-state index contributed by atoms with van der Waals surface area (Å²) in [6, 6.07) is 17.6. The molecule has 1 aromatic heterocycles. The highest BCUT2D eigenvalue weighted by Gasteiger charge is 2.16. The lowest BCUT2D eigenvalue weighted by Gasteiger charge is -2.10. The molecule has 1 heterocycles. The summed E-state index contributed by atoms with van der Waals surface area (Å²) < 4.78 is 0. The molecule has 0 radical (unpaired) electrons. The molecule has 0 N–H and O–H groups in total. The molecule has 0 spiro atoms. The monoisotopic (exact) mass is 259 g/mol. The van der Waals surface area contributed by atoms with Crippen LogP contribution in [-0.2, 0) is 12.8 Å². The maximum Gasteiger partial charge on any atom is 0.0744 e. The second-order valence-corrected chi connectivity index (χ2v) is 5.70.